The number of benzene rings is 2. The van der Waals surface area contributed by atoms with Crippen molar-refractivity contribution in [2.75, 3.05) is 18.5 Å². The normalized spacial score (nSPS) is 30.4. The number of nitrogens with zero attached hydrogens (tertiary/aromatic N) is 1. The van der Waals surface area contributed by atoms with Crippen molar-refractivity contribution in [3.8, 4) is 0 Å². The summed E-state index contributed by atoms with van der Waals surface area (Å²) in [5.74, 6) is -2.51. The van der Waals surface area contributed by atoms with Gasteiger partial charge >= 0.3 is 0 Å². The van der Waals surface area contributed by atoms with Crippen LogP contribution < -0.4 is 10.6 Å². The molecule has 6 atom stereocenters. The summed E-state index contributed by atoms with van der Waals surface area (Å²) in [6.45, 7) is 3.85. The molecule has 3 aliphatic rings. The monoisotopic (exact) mass is 555 g/mol. The fourth-order valence-corrected chi connectivity index (χ4v) is 7.13. The number of para-hydroxylation sites is 1. The molecule has 2 aromatic rings. The number of alkyl halides is 1. The van der Waals surface area contributed by atoms with Crippen LogP contribution in [0.1, 0.15) is 23.1 Å². The van der Waals surface area contributed by atoms with Crippen LogP contribution in [-0.2, 0) is 25.7 Å². The number of carbonyl (C=O) groups excluding carboxylic acids is 3. The Morgan fingerprint density at radius 3 is 2.47 bits per heavy atom. The van der Waals surface area contributed by atoms with Crippen molar-refractivity contribution < 1.29 is 24.2 Å². The molecule has 2 aromatic carbocycles. The van der Waals surface area contributed by atoms with E-state index in [1.54, 1.807) is 0 Å². The van der Waals surface area contributed by atoms with E-state index in [0.717, 1.165) is 16.7 Å². The van der Waals surface area contributed by atoms with E-state index < -0.39 is 29.6 Å². The summed E-state index contributed by atoms with van der Waals surface area (Å²) >= 11 is 3.66. The molecule has 5 rings (SSSR count). The molecule has 3 N–H and O–H groups in total. The molecule has 0 aromatic heterocycles. The van der Waals surface area contributed by atoms with Gasteiger partial charge in [-0.15, -0.1) is 0 Å². The number of aliphatic hydroxyl groups is 1. The van der Waals surface area contributed by atoms with Crippen molar-refractivity contribution in [3.63, 3.8) is 0 Å². The minimum atomic E-state index is -1.15. The Morgan fingerprint density at radius 2 is 1.81 bits per heavy atom. The second-order valence-electron chi connectivity index (χ2n) is 9.88. The quantitative estimate of drug-likeness (QED) is 0.454. The van der Waals surface area contributed by atoms with Gasteiger partial charge in [0.15, 0.2) is 0 Å². The van der Waals surface area contributed by atoms with Gasteiger partial charge in [0.25, 0.3) is 0 Å². The van der Waals surface area contributed by atoms with Crippen LogP contribution in [0.25, 0.3) is 0 Å². The largest absolute Gasteiger partial charge is 0.395 e. The molecular weight excluding hydrogens is 526 g/mol. The number of fused-ring (bicyclic) bond motifs is 1. The molecule has 2 bridgehead atoms. The van der Waals surface area contributed by atoms with E-state index in [1.807, 2.05) is 62.4 Å². The summed E-state index contributed by atoms with van der Waals surface area (Å²) in [6, 6.07) is 14.3. The number of amides is 3. The topological polar surface area (TPSA) is 108 Å². The first-order chi connectivity index (χ1) is 17.3. The summed E-state index contributed by atoms with van der Waals surface area (Å²) in [7, 11) is 0. The van der Waals surface area contributed by atoms with Gasteiger partial charge in [-0.2, -0.15) is 0 Å². The number of hydrogen-bond donors (Lipinski definition) is 3. The summed E-state index contributed by atoms with van der Waals surface area (Å²) in [6.07, 6.45) is -0.106. The molecule has 0 aliphatic carbocycles. The Hall–Kier alpha value is -2.75. The summed E-state index contributed by atoms with van der Waals surface area (Å²) in [5.41, 5.74) is 2.30. The number of β-amino-alcohol motifs (C(OH)–C–C–N with tert-alkyl or cyclic N) is 1. The van der Waals surface area contributed by atoms with Crippen molar-refractivity contribution in [1.82, 2.24) is 10.2 Å². The van der Waals surface area contributed by atoms with Crippen LogP contribution in [-0.4, -0.2) is 63.5 Å². The van der Waals surface area contributed by atoms with Crippen molar-refractivity contribution in [2.45, 2.75) is 49.4 Å². The molecule has 3 aliphatic heterocycles. The zero-order valence-corrected chi connectivity index (χ0v) is 21.8. The first kappa shape index (κ1) is 24.9. The number of carbonyl (C=O) groups is 3. The van der Waals surface area contributed by atoms with Gasteiger partial charge in [0.05, 0.1) is 24.5 Å². The number of likely N-dealkylation sites (tertiary alicyclic amines) is 1. The Labute approximate surface area is 218 Å². The maximum atomic E-state index is 13.8. The highest BCUT2D eigenvalue weighted by atomic mass is 79.9. The maximum absolute atomic E-state index is 13.8. The van der Waals surface area contributed by atoms with E-state index in [1.165, 1.54) is 4.90 Å². The van der Waals surface area contributed by atoms with Gasteiger partial charge < -0.3 is 25.4 Å². The highest BCUT2D eigenvalue weighted by Crippen LogP contribution is 2.60. The van der Waals surface area contributed by atoms with E-state index >= 15 is 0 Å². The van der Waals surface area contributed by atoms with E-state index in [2.05, 4.69) is 26.6 Å². The number of aryl methyl sites for hydroxylation is 2. The zero-order chi connectivity index (χ0) is 25.6. The lowest BCUT2D eigenvalue weighted by Crippen LogP contribution is -2.54. The number of rotatable bonds is 7. The third-order valence-corrected chi connectivity index (χ3v) is 8.56. The van der Waals surface area contributed by atoms with E-state index in [9.17, 15) is 19.5 Å². The minimum absolute atomic E-state index is 0.0126. The number of anilines is 1. The van der Waals surface area contributed by atoms with Gasteiger partial charge in [-0.05, 0) is 37.0 Å². The lowest BCUT2D eigenvalue weighted by molar-refractivity contribution is -0.141. The van der Waals surface area contributed by atoms with Crippen LogP contribution in [0, 0.1) is 25.7 Å². The van der Waals surface area contributed by atoms with Crippen LogP contribution in [0.5, 0.6) is 0 Å². The molecule has 8 nitrogen and oxygen atoms in total. The Kier molecular flexibility index (Phi) is 6.65. The molecular formula is C27H30BrN3O5. The van der Waals surface area contributed by atoms with Crippen LogP contribution in [0.2, 0.25) is 0 Å². The third kappa shape index (κ3) is 3.93. The molecule has 1 spiro atoms. The highest BCUT2D eigenvalue weighted by molar-refractivity contribution is 9.09. The molecule has 190 valence electrons. The molecule has 9 heteroatoms. The Balaban J connectivity index is 1.46. The van der Waals surface area contributed by atoms with E-state index in [-0.39, 0.29) is 35.7 Å². The average molecular weight is 556 g/mol. The predicted molar refractivity (Wildman–Crippen MR) is 137 cm³/mol. The SMILES string of the molecule is Cc1cccc(C)c1NC(=O)C1N(CCO)C(=O)[C@@H]2[C@H](C(=O)NCc3ccccc3)[C@H]3OC12CC3Br. The van der Waals surface area contributed by atoms with Gasteiger partial charge in [-0.3, -0.25) is 14.4 Å². The number of aliphatic hydroxyl groups excluding tert-OH is 1. The lowest BCUT2D eigenvalue weighted by atomic mass is 9.70. The second kappa shape index (κ2) is 9.61. The molecule has 3 unspecified atom stereocenters. The van der Waals surface area contributed by atoms with E-state index in [4.69, 9.17) is 4.74 Å². The first-order valence-electron chi connectivity index (χ1n) is 12.2. The van der Waals surface area contributed by atoms with Gasteiger partial charge in [-0.25, -0.2) is 0 Å². The second-order valence-corrected chi connectivity index (χ2v) is 11.1. The van der Waals surface area contributed by atoms with Crippen LogP contribution in [0.15, 0.2) is 48.5 Å². The van der Waals surface area contributed by atoms with Gasteiger partial charge in [0, 0.05) is 23.6 Å². The fourth-order valence-electron chi connectivity index (χ4n) is 6.18. The number of halogens is 1. The molecule has 3 fully saturated rings. The van der Waals surface area contributed by atoms with E-state index in [0.29, 0.717) is 18.7 Å². The molecule has 3 amide bonds. The first-order valence-corrected chi connectivity index (χ1v) is 13.1. The predicted octanol–water partition coefficient (Wildman–Crippen LogP) is 2.30. The van der Waals surface area contributed by atoms with Crippen LogP contribution in [0.4, 0.5) is 5.69 Å². The highest BCUT2D eigenvalue weighted by Gasteiger charge is 2.76. The van der Waals surface area contributed by atoms with Gasteiger partial charge in [-0.1, -0.05) is 64.5 Å². The van der Waals surface area contributed by atoms with Crippen molar-refractivity contribution >= 4 is 39.3 Å². The third-order valence-electron chi connectivity index (χ3n) is 7.72. The van der Waals surface area contributed by atoms with Gasteiger partial charge in [0.2, 0.25) is 17.7 Å². The van der Waals surface area contributed by atoms with Crippen molar-refractivity contribution in [3.05, 3.63) is 65.2 Å². The van der Waals surface area contributed by atoms with Gasteiger partial charge in [0.1, 0.15) is 11.6 Å². The average Bonchev–Trinajstić information content (AvgIpc) is 3.44. The van der Waals surface area contributed by atoms with Crippen molar-refractivity contribution in [1.29, 1.82) is 0 Å². The molecule has 36 heavy (non-hydrogen) atoms. The Morgan fingerprint density at radius 1 is 1.11 bits per heavy atom. The molecule has 0 saturated carbocycles. The maximum Gasteiger partial charge on any atom is 0.250 e. The number of ether oxygens (including phenoxy) is 1. The number of nitrogens with one attached hydrogen (secondary N) is 2. The standard InChI is InChI=1S/C27H30BrN3O5/c1-15-7-6-8-16(2)21(15)30-25(34)23-27-13-18(28)22(36-27)19(20(27)26(35)31(23)11-12-32)24(33)29-14-17-9-4-3-5-10-17/h3-10,18-20,22-23,32H,11-14H2,1-2H3,(H,29,33)(H,30,34)/t18?,19-,20-,22-,23?,27?/m0/s1. The smallest absolute Gasteiger partial charge is 0.250 e. The zero-order valence-electron chi connectivity index (χ0n) is 20.2. The molecule has 3 heterocycles. The minimum Gasteiger partial charge on any atom is -0.395 e. The molecule has 0 radical (unpaired) electrons. The summed E-state index contributed by atoms with van der Waals surface area (Å²) < 4.78 is 6.45. The lowest BCUT2D eigenvalue weighted by Gasteiger charge is -2.34. The van der Waals surface area contributed by atoms with Crippen LogP contribution in [0.3, 0.4) is 0 Å². The summed E-state index contributed by atoms with van der Waals surface area (Å²) in [4.78, 5) is 42.1. The summed E-state index contributed by atoms with van der Waals surface area (Å²) in [5, 5.41) is 15.7. The molecule has 3 saturated heterocycles. The van der Waals surface area contributed by atoms with Crippen LogP contribution >= 0.6 is 15.9 Å². The Bertz CT molecular complexity index is 1170. The fraction of sp³-hybridized carbons (Fsp3) is 0.444. The van der Waals surface area contributed by atoms with Crippen molar-refractivity contribution in [2.24, 2.45) is 11.8 Å². The number of hydrogen-bond acceptors (Lipinski definition) is 5.